The number of benzene rings is 2. The number of carbonyl (C=O) groups excluding carboxylic acids is 2. The van der Waals surface area contributed by atoms with Gasteiger partial charge in [-0.3, -0.25) is 14.6 Å². The number of imidazole rings is 1. The lowest BCUT2D eigenvalue weighted by atomic mass is 9.95. The number of rotatable bonds is 8. The van der Waals surface area contributed by atoms with Gasteiger partial charge in [-0.25, -0.2) is 4.57 Å². The SMILES string of the molecule is CCOc1ccc(/C(O)=C2\C(=O)C(=O)N(CCC[n+]3cc[nH]c3)C2c2ccc(Br)cc2)cc1Cl. The summed E-state index contributed by atoms with van der Waals surface area (Å²) < 4.78 is 8.30. The van der Waals surface area contributed by atoms with Crippen molar-refractivity contribution in [3.05, 3.63) is 87.4 Å². The fourth-order valence-corrected chi connectivity index (χ4v) is 4.56. The molecule has 1 fully saturated rings. The number of hydrogen-bond donors (Lipinski definition) is 2. The molecule has 1 amide bonds. The first-order valence-electron chi connectivity index (χ1n) is 10.9. The molecule has 7 nitrogen and oxygen atoms in total. The molecule has 2 heterocycles. The zero-order valence-electron chi connectivity index (χ0n) is 18.5. The molecule has 0 saturated carbocycles. The van der Waals surface area contributed by atoms with Gasteiger partial charge in [-0.2, -0.15) is 0 Å². The molecule has 2 N–H and O–H groups in total. The monoisotopic (exact) mass is 544 g/mol. The highest BCUT2D eigenvalue weighted by Gasteiger charge is 2.45. The van der Waals surface area contributed by atoms with Crippen LogP contribution in [0.1, 0.15) is 30.5 Å². The van der Waals surface area contributed by atoms with E-state index in [0.29, 0.717) is 42.5 Å². The van der Waals surface area contributed by atoms with Gasteiger partial charge in [0.05, 0.1) is 29.8 Å². The number of ketones is 1. The Kier molecular flexibility index (Phi) is 7.38. The minimum atomic E-state index is -0.718. The summed E-state index contributed by atoms with van der Waals surface area (Å²) in [6.07, 6.45) is 6.18. The topological polar surface area (TPSA) is 86.5 Å². The fraction of sp³-hybridized carbons (Fsp3) is 0.240. The predicted molar refractivity (Wildman–Crippen MR) is 131 cm³/mol. The molecule has 0 radical (unpaired) electrons. The maximum absolute atomic E-state index is 13.1. The number of likely N-dealkylation sites (tertiary alicyclic amines) is 1. The highest BCUT2D eigenvalue weighted by atomic mass is 79.9. The molecule has 0 aliphatic carbocycles. The average Bonchev–Trinajstić information content (AvgIpc) is 3.43. The summed E-state index contributed by atoms with van der Waals surface area (Å²) >= 11 is 9.73. The van der Waals surface area contributed by atoms with Gasteiger partial charge in [0.2, 0.25) is 6.33 Å². The summed E-state index contributed by atoms with van der Waals surface area (Å²) in [5, 5.41) is 11.5. The number of nitrogens with one attached hydrogen (secondary N) is 1. The number of hydrogen-bond acceptors (Lipinski definition) is 4. The molecule has 0 spiro atoms. The van der Waals surface area contributed by atoms with E-state index < -0.39 is 17.7 Å². The highest BCUT2D eigenvalue weighted by molar-refractivity contribution is 9.10. The van der Waals surface area contributed by atoms with Crippen molar-refractivity contribution in [2.75, 3.05) is 13.2 Å². The van der Waals surface area contributed by atoms with Crippen LogP contribution in [-0.4, -0.2) is 39.8 Å². The zero-order chi connectivity index (χ0) is 24.2. The molecule has 3 aromatic rings. The minimum absolute atomic E-state index is 0.0434. The van der Waals surface area contributed by atoms with E-state index in [9.17, 15) is 14.7 Å². The minimum Gasteiger partial charge on any atom is -0.507 e. The molecule has 0 bridgehead atoms. The van der Waals surface area contributed by atoms with Gasteiger partial charge >= 0.3 is 0 Å². The first-order chi connectivity index (χ1) is 16.4. The summed E-state index contributed by atoms with van der Waals surface area (Å²) in [5.41, 5.74) is 1.12. The van der Waals surface area contributed by atoms with E-state index >= 15 is 0 Å². The Balaban J connectivity index is 1.73. The lowest BCUT2D eigenvalue weighted by molar-refractivity contribution is -0.695. The first kappa shape index (κ1) is 24.0. The molecular weight excluding hydrogens is 522 g/mol. The summed E-state index contributed by atoms with van der Waals surface area (Å²) in [6.45, 7) is 3.32. The van der Waals surface area contributed by atoms with E-state index in [2.05, 4.69) is 20.9 Å². The van der Waals surface area contributed by atoms with E-state index in [1.54, 1.807) is 12.1 Å². The van der Waals surface area contributed by atoms with Gasteiger partial charge in [-0.1, -0.05) is 39.7 Å². The molecule has 1 aliphatic heterocycles. The Bertz CT molecular complexity index is 1230. The van der Waals surface area contributed by atoms with Crippen LogP contribution in [0.5, 0.6) is 5.75 Å². The normalized spacial score (nSPS) is 17.4. The number of aromatic nitrogens is 2. The molecule has 4 rings (SSSR count). The summed E-state index contributed by atoms with van der Waals surface area (Å²) in [7, 11) is 0. The number of H-pyrrole nitrogens is 1. The Morgan fingerprint density at radius 3 is 2.65 bits per heavy atom. The molecule has 2 aromatic carbocycles. The van der Waals surface area contributed by atoms with Crippen molar-refractivity contribution in [1.29, 1.82) is 0 Å². The summed E-state index contributed by atoms with van der Waals surface area (Å²) in [4.78, 5) is 30.7. The maximum Gasteiger partial charge on any atom is 0.295 e. The predicted octanol–water partition coefficient (Wildman–Crippen LogP) is 4.63. The van der Waals surface area contributed by atoms with Crippen molar-refractivity contribution in [3.63, 3.8) is 0 Å². The van der Waals surface area contributed by atoms with E-state index in [1.807, 2.05) is 54.5 Å². The Morgan fingerprint density at radius 1 is 1.24 bits per heavy atom. The molecule has 1 saturated heterocycles. The number of Topliss-reactive ketones (excluding diaryl/α,β-unsaturated/α-hetero) is 1. The quantitative estimate of drug-likeness (QED) is 0.187. The second-order valence-corrected chi connectivity index (χ2v) is 9.15. The molecular formula is C25H24BrClN3O4+. The van der Waals surface area contributed by atoms with Crippen molar-refractivity contribution in [3.8, 4) is 5.75 Å². The first-order valence-corrected chi connectivity index (χ1v) is 12.1. The van der Waals surface area contributed by atoms with Gasteiger partial charge in [0.15, 0.2) is 0 Å². The van der Waals surface area contributed by atoms with E-state index in [1.165, 1.54) is 11.0 Å². The van der Waals surface area contributed by atoms with Crippen LogP contribution in [0.2, 0.25) is 5.02 Å². The van der Waals surface area contributed by atoms with Crippen LogP contribution >= 0.6 is 27.5 Å². The van der Waals surface area contributed by atoms with E-state index in [4.69, 9.17) is 16.3 Å². The van der Waals surface area contributed by atoms with E-state index in [0.717, 1.165) is 10.0 Å². The third kappa shape index (κ3) is 4.88. The number of nitrogens with zero attached hydrogens (tertiary/aromatic N) is 2. The lowest BCUT2D eigenvalue weighted by Crippen LogP contribution is -2.36. The number of halogens is 2. The number of carbonyl (C=O) groups is 2. The average molecular weight is 546 g/mol. The van der Waals surface area contributed by atoms with Gasteiger partial charge in [-0.05, 0) is 42.8 Å². The molecule has 1 aliphatic rings. The molecule has 1 atom stereocenters. The van der Waals surface area contributed by atoms with Crippen molar-refractivity contribution >= 4 is 45.0 Å². The lowest BCUT2D eigenvalue weighted by Gasteiger charge is -2.25. The van der Waals surface area contributed by atoms with Gasteiger partial charge in [0.1, 0.15) is 23.9 Å². The van der Waals surface area contributed by atoms with Gasteiger partial charge in [0.25, 0.3) is 11.7 Å². The molecule has 34 heavy (non-hydrogen) atoms. The number of aliphatic hydroxyl groups excluding tert-OH is 1. The third-order valence-electron chi connectivity index (χ3n) is 5.65. The van der Waals surface area contributed by atoms with Gasteiger partial charge in [0, 0.05) is 23.0 Å². The molecule has 9 heteroatoms. The Hall–Kier alpha value is -3.10. The van der Waals surface area contributed by atoms with Gasteiger partial charge < -0.3 is 14.7 Å². The van der Waals surface area contributed by atoms with Crippen LogP contribution in [-0.2, 0) is 16.1 Å². The smallest absolute Gasteiger partial charge is 0.295 e. The third-order valence-corrected chi connectivity index (χ3v) is 6.47. The summed E-state index contributed by atoms with van der Waals surface area (Å²) in [5.74, 6) is -1.14. The van der Waals surface area contributed by atoms with Crippen molar-refractivity contribution in [2.45, 2.75) is 25.9 Å². The van der Waals surface area contributed by atoms with Crippen molar-refractivity contribution in [2.24, 2.45) is 0 Å². The summed E-state index contributed by atoms with van der Waals surface area (Å²) in [6, 6.07) is 11.5. The number of aromatic amines is 1. The molecule has 1 aromatic heterocycles. The second kappa shape index (κ2) is 10.4. The Labute approximate surface area is 210 Å². The van der Waals surface area contributed by atoms with Crippen LogP contribution in [0.25, 0.3) is 5.76 Å². The van der Waals surface area contributed by atoms with E-state index in [-0.39, 0.29) is 11.3 Å². The number of aryl methyl sites for hydroxylation is 1. The number of amides is 1. The van der Waals surface area contributed by atoms with Crippen LogP contribution in [0.15, 0.2) is 71.2 Å². The number of ether oxygens (including phenoxy) is 1. The standard InChI is InChI=1S/C25H23BrClN3O4/c1-2-34-20-9-6-17(14-19(20)27)23(31)21-22(16-4-7-18(26)8-5-16)30(25(33)24(21)32)12-3-11-29-13-10-28-15-29/h4-10,13-15,22H,2-3,11-12H2,1H3,(H,31,32)/p+1. The highest BCUT2D eigenvalue weighted by Crippen LogP contribution is 2.40. The largest absolute Gasteiger partial charge is 0.507 e. The van der Waals surface area contributed by atoms with Crippen LogP contribution < -0.4 is 9.30 Å². The van der Waals surface area contributed by atoms with Gasteiger partial charge in [-0.15, -0.1) is 0 Å². The molecule has 1 unspecified atom stereocenters. The van der Waals surface area contributed by atoms with Crippen LogP contribution in [0.4, 0.5) is 0 Å². The van der Waals surface area contributed by atoms with Crippen LogP contribution in [0.3, 0.4) is 0 Å². The Morgan fingerprint density at radius 2 is 2.00 bits per heavy atom. The number of aliphatic hydroxyl groups is 1. The van der Waals surface area contributed by atoms with Crippen molar-refractivity contribution in [1.82, 2.24) is 9.88 Å². The fourth-order valence-electron chi connectivity index (χ4n) is 4.06. The molecule has 176 valence electrons. The maximum atomic E-state index is 13.1. The van der Waals surface area contributed by atoms with Crippen molar-refractivity contribution < 1.29 is 24.0 Å². The second-order valence-electron chi connectivity index (χ2n) is 7.83. The zero-order valence-corrected chi connectivity index (χ0v) is 20.8. The van der Waals surface area contributed by atoms with Crippen LogP contribution in [0, 0.1) is 0 Å².